The Morgan fingerprint density at radius 1 is 1.47 bits per heavy atom. The molecule has 0 radical (unpaired) electrons. The lowest BCUT2D eigenvalue weighted by Gasteiger charge is -2.29. The number of anilines is 1. The number of nitrogens with zero attached hydrogens (tertiary/aromatic N) is 2. The van der Waals surface area contributed by atoms with E-state index in [9.17, 15) is 4.79 Å². The van der Waals surface area contributed by atoms with Crippen molar-refractivity contribution < 1.29 is 0 Å². The Morgan fingerprint density at radius 2 is 2.24 bits per heavy atom. The first kappa shape index (κ1) is 12.1. The molecule has 2 N–H and O–H groups in total. The van der Waals surface area contributed by atoms with Crippen molar-refractivity contribution in [1.29, 1.82) is 0 Å². The summed E-state index contributed by atoms with van der Waals surface area (Å²) in [6.07, 6.45) is 3.89. The van der Waals surface area contributed by atoms with Crippen LogP contribution in [0.5, 0.6) is 0 Å². The van der Waals surface area contributed by atoms with Crippen LogP contribution in [-0.2, 0) is 0 Å². The predicted octanol–water partition coefficient (Wildman–Crippen LogP) is 0.596. The van der Waals surface area contributed by atoms with Crippen molar-refractivity contribution in [3.63, 3.8) is 0 Å². The van der Waals surface area contributed by atoms with E-state index < -0.39 is 0 Å². The molecule has 0 aromatic carbocycles. The lowest BCUT2D eigenvalue weighted by molar-refractivity contribution is 0.374. The van der Waals surface area contributed by atoms with E-state index in [0.29, 0.717) is 5.92 Å². The van der Waals surface area contributed by atoms with Crippen molar-refractivity contribution >= 4 is 5.82 Å². The second kappa shape index (κ2) is 5.82. The fourth-order valence-corrected chi connectivity index (χ4v) is 2.29. The molecule has 5 heteroatoms. The minimum atomic E-state index is -0.0845. The lowest BCUT2D eigenvalue weighted by Crippen LogP contribution is -2.36. The third-order valence-electron chi connectivity index (χ3n) is 3.31. The SMILES string of the molecule is CCN(CC1CCNCC1)c1cc(=O)[nH]cn1. The lowest BCUT2D eigenvalue weighted by atomic mass is 9.97. The quantitative estimate of drug-likeness (QED) is 0.803. The molecule has 0 bridgehead atoms. The second-order valence-electron chi connectivity index (χ2n) is 4.50. The van der Waals surface area contributed by atoms with Crippen molar-refractivity contribution in [3.05, 3.63) is 22.7 Å². The topological polar surface area (TPSA) is 61.0 Å². The maximum Gasteiger partial charge on any atom is 0.252 e. The summed E-state index contributed by atoms with van der Waals surface area (Å²) < 4.78 is 0. The van der Waals surface area contributed by atoms with Gasteiger partial charge in [-0.2, -0.15) is 0 Å². The Labute approximate surface area is 101 Å². The first-order chi connectivity index (χ1) is 8.29. The van der Waals surface area contributed by atoms with Gasteiger partial charge in [0.25, 0.3) is 5.56 Å². The number of rotatable bonds is 4. The molecule has 2 rings (SSSR count). The highest BCUT2D eigenvalue weighted by molar-refractivity contribution is 5.36. The molecular formula is C12H20N4O. The van der Waals surface area contributed by atoms with Crippen molar-refractivity contribution in [2.45, 2.75) is 19.8 Å². The van der Waals surface area contributed by atoms with Crippen LogP contribution in [0.2, 0.25) is 0 Å². The average molecular weight is 236 g/mol. The molecule has 17 heavy (non-hydrogen) atoms. The van der Waals surface area contributed by atoms with E-state index in [-0.39, 0.29) is 5.56 Å². The van der Waals surface area contributed by atoms with Crippen LogP contribution < -0.4 is 15.8 Å². The number of H-pyrrole nitrogens is 1. The van der Waals surface area contributed by atoms with Gasteiger partial charge in [0.15, 0.2) is 0 Å². The highest BCUT2D eigenvalue weighted by Crippen LogP contribution is 2.16. The first-order valence-electron chi connectivity index (χ1n) is 6.30. The van der Waals surface area contributed by atoms with Crippen LogP contribution in [0, 0.1) is 5.92 Å². The molecule has 0 saturated carbocycles. The van der Waals surface area contributed by atoms with Gasteiger partial charge in [0.1, 0.15) is 5.82 Å². The Hall–Kier alpha value is -1.36. The number of aromatic amines is 1. The predicted molar refractivity (Wildman–Crippen MR) is 68.3 cm³/mol. The normalized spacial score (nSPS) is 17.0. The van der Waals surface area contributed by atoms with Crippen LogP contribution in [0.3, 0.4) is 0 Å². The van der Waals surface area contributed by atoms with Gasteiger partial charge in [0, 0.05) is 19.2 Å². The van der Waals surface area contributed by atoms with Gasteiger partial charge in [-0.25, -0.2) is 4.98 Å². The molecule has 5 nitrogen and oxygen atoms in total. The van der Waals surface area contributed by atoms with Crippen LogP contribution in [0.25, 0.3) is 0 Å². The van der Waals surface area contributed by atoms with Crippen LogP contribution >= 0.6 is 0 Å². The Balaban J connectivity index is 2.02. The van der Waals surface area contributed by atoms with Crippen LogP contribution in [0.15, 0.2) is 17.2 Å². The number of aromatic nitrogens is 2. The molecule has 1 aliphatic rings. The first-order valence-corrected chi connectivity index (χ1v) is 6.30. The standard InChI is InChI=1S/C12H20N4O/c1-2-16(8-10-3-5-13-6-4-10)11-7-12(17)15-9-14-11/h7,9-10,13H,2-6,8H2,1H3,(H,14,15,17). The van der Waals surface area contributed by atoms with Gasteiger partial charge in [0.2, 0.25) is 0 Å². The summed E-state index contributed by atoms with van der Waals surface area (Å²) in [5.74, 6) is 1.49. The van der Waals surface area contributed by atoms with E-state index in [4.69, 9.17) is 0 Å². The molecule has 0 unspecified atom stereocenters. The maximum absolute atomic E-state index is 11.3. The largest absolute Gasteiger partial charge is 0.356 e. The van der Waals surface area contributed by atoms with Crippen molar-refractivity contribution in [2.24, 2.45) is 5.92 Å². The molecule has 1 fully saturated rings. The highest BCUT2D eigenvalue weighted by atomic mass is 16.1. The van der Waals surface area contributed by atoms with Crippen molar-refractivity contribution in [3.8, 4) is 0 Å². The monoisotopic (exact) mass is 236 g/mol. The Bertz CT molecular complexity index is 397. The molecule has 0 aliphatic carbocycles. The molecule has 0 atom stereocenters. The molecule has 0 amide bonds. The number of nitrogens with one attached hydrogen (secondary N) is 2. The van der Waals surface area contributed by atoms with Gasteiger partial charge < -0.3 is 15.2 Å². The Morgan fingerprint density at radius 3 is 2.88 bits per heavy atom. The Kier molecular flexibility index (Phi) is 4.14. The van der Waals surface area contributed by atoms with Gasteiger partial charge >= 0.3 is 0 Å². The summed E-state index contributed by atoms with van der Waals surface area (Å²) in [4.78, 5) is 20.2. The van der Waals surface area contributed by atoms with Gasteiger partial charge in [-0.15, -0.1) is 0 Å². The zero-order chi connectivity index (χ0) is 12.1. The third kappa shape index (κ3) is 3.30. The van der Waals surface area contributed by atoms with Crippen LogP contribution in [-0.4, -0.2) is 36.1 Å². The highest BCUT2D eigenvalue weighted by Gasteiger charge is 2.17. The molecule has 0 spiro atoms. The molecule has 1 aliphatic heterocycles. The number of hydrogen-bond acceptors (Lipinski definition) is 4. The van der Waals surface area contributed by atoms with Crippen LogP contribution in [0.1, 0.15) is 19.8 Å². The minimum absolute atomic E-state index is 0.0845. The minimum Gasteiger partial charge on any atom is -0.356 e. The smallest absolute Gasteiger partial charge is 0.252 e. The molecule has 1 saturated heterocycles. The van der Waals surface area contributed by atoms with Crippen molar-refractivity contribution in [2.75, 3.05) is 31.1 Å². The molecular weight excluding hydrogens is 216 g/mol. The van der Waals surface area contributed by atoms with E-state index in [1.807, 2.05) is 0 Å². The van der Waals surface area contributed by atoms with E-state index in [2.05, 4.69) is 27.1 Å². The van der Waals surface area contributed by atoms with Crippen molar-refractivity contribution in [1.82, 2.24) is 15.3 Å². The second-order valence-corrected chi connectivity index (χ2v) is 4.50. The summed E-state index contributed by atoms with van der Waals surface area (Å²) in [6, 6.07) is 1.57. The number of piperidine rings is 1. The van der Waals surface area contributed by atoms with Gasteiger partial charge in [-0.1, -0.05) is 0 Å². The third-order valence-corrected chi connectivity index (χ3v) is 3.31. The average Bonchev–Trinajstić information content (AvgIpc) is 2.37. The molecule has 1 aromatic rings. The fraction of sp³-hybridized carbons (Fsp3) is 0.667. The van der Waals surface area contributed by atoms with E-state index in [0.717, 1.165) is 32.0 Å². The molecule has 2 heterocycles. The van der Waals surface area contributed by atoms with E-state index in [1.165, 1.54) is 19.2 Å². The molecule has 1 aromatic heterocycles. The fourth-order valence-electron chi connectivity index (χ4n) is 2.29. The van der Waals surface area contributed by atoms with Gasteiger partial charge in [-0.3, -0.25) is 4.79 Å². The van der Waals surface area contributed by atoms with Crippen LogP contribution in [0.4, 0.5) is 5.82 Å². The summed E-state index contributed by atoms with van der Waals surface area (Å²) >= 11 is 0. The summed E-state index contributed by atoms with van der Waals surface area (Å²) in [6.45, 7) is 6.19. The summed E-state index contributed by atoms with van der Waals surface area (Å²) in [5.41, 5.74) is -0.0845. The zero-order valence-electron chi connectivity index (χ0n) is 10.3. The van der Waals surface area contributed by atoms with Gasteiger partial charge in [-0.05, 0) is 38.8 Å². The van der Waals surface area contributed by atoms with Gasteiger partial charge in [0.05, 0.1) is 6.33 Å². The summed E-state index contributed by atoms with van der Waals surface area (Å²) in [5, 5.41) is 3.37. The maximum atomic E-state index is 11.3. The summed E-state index contributed by atoms with van der Waals surface area (Å²) in [7, 11) is 0. The number of hydrogen-bond donors (Lipinski definition) is 2. The van der Waals surface area contributed by atoms with E-state index in [1.54, 1.807) is 6.07 Å². The molecule has 94 valence electrons. The zero-order valence-corrected chi connectivity index (χ0v) is 10.3. The van der Waals surface area contributed by atoms with E-state index >= 15 is 0 Å².